The third-order valence-corrected chi connectivity index (χ3v) is 2.94. The van der Waals surface area contributed by atoms with Gasteiger partial charge in [0.2, 0.25) is 5.96 Å². The first-order valence-electron chi connectivity index (χ1n) is 6.13. The third-order valence-electron chi connectivity index (χ3n) is 2.94. The number of rotatable bonds is 3. The van der Waals surface area contributed by atoms with Gasteiger partial charge in [0.05, 0.1) is 12.2 Å². The Bertz CT molecular complexity index is 607. The Hall–Kier alpha value is -2.74. The minimum absolute atomic E-state index is 0.325. The first kappa shape index (κ1) is 12.3. The molecule has 0 aromatic heterocycles. The number of hydrogen-bond acceptors (Lipinski definition) is 8. The molecule has 0 aliphatic carbocycles. The molecule has 1 aromatic rings. The standard InChI is InChI=1S/C12H14N6O2/c1-2-20-11(19)8-5-3-7(4-6-8)9-10-15-16-12(13)18(10)17-14-9/h3-6,14-15,17H,2H2,1H3,(H2,13,16). The molecule has 2 aliphatic rings. The number of carbonyl (C=O) groups is 1. The zero-order valence-corrected chi connectivity index (χ0v) is 10.8. The summed E-state index contributed by atoms with van der Waals surface area (Å²) in [6.07, 6.45) is 0. The fourth-order valence-corrected chi connectivity index (χ4v) is 1.97. The highest BCUT2D eigenvalue weighted by atomic mass is 16.5. The summed E-state index contributed by atoms with van der Waals surface area (Å²) in [5.74, 6) is 0.708. The Balaban J connectivity index is 1.84. The topological polar surface area (TPSA) is 104 Å². The van der Waals surface area contributed by atoms with Crippen molar-refractivity contribution in [2.24, 2.45) is 10.8 Å². The SMILES string of the molecule is CCOC(=O)c1ccc(C2=C3NN=C(N)N3NN2)cc1. The molecule has 2 aliphatic heterocycles. The molecule has 20 heavy (non-hydrogen) atoms. The van der Waals surface area contributed by atoms with E-state index in [1.54, 1.807) is 24.1 Å². The van der Waals surface area contributed by atoms with E-state index in [-0.39, 0.29) is 5.97 Å². The third kappa shape index (κ3) is 1.91. The van der Waals surface area contributed by atoms with E-state index in [2.05, 4.69) is 21.5 Å². The van der Waals surface area contributed by atoms with E-state index in [4.69, 9.17) is 10.5 Å². The van der Waals surface area contributed by atoms with E-state index < -0.39 is 0 Å². The molecule has 3 rings (SSSR count). The van der Waals surface area contributed by atoms with E-state index in [9.17, 15) is 4.79 Å². The molecule has 0 radical (unpaired) electrons. The molecule has 0 atom stereocenters. The van der Waals surface area contributed by atoms with Crippen LogP contribution >= 0.6 is 0 Å². The predicted molar refractivity (Wildman–Crippen MR) is 72.2 cm³/mol. The van der Waals surface area contributed by atoms with Crippen molar-refractivity contribution in [3.63, 3.8) is 0 Å². The number of carbonyl (C=O) groups excluding carboxylic acids is 1. The average molecular weight is 274 g/mol. The van der Waals surface area contributed by atoms with Crippen LogP contribution < -0.4 is 22.1 Å². The van der Waals surface area contributed by atoms with Crippen molar-refractivity contribution < 1.29 is 9.53 Å². The van der Waals surface area contributed by atoms with Gasteiger partial charge in [-0.2, -0.15) is 0 Å². The van der Waals surface area contributed by atoms with Crippen molar-refractivity contribution in [2.75, 3.05) is 6.61 Å². The Morgan fingerprint density at radius 3 is 2.85 bits per heavy atom. The number of nitrogens with two attached hydrogens (primary N) is 1. The van der Waals surface area contributed by atoms with Crippen molar-refractivity contribution >= 4 is 17.6 Å². The average Bonchev–Trinajstić information content (AvgIpc) is 3.03. The number of benzene rings is 1. The molecule has 0 amide bonds. The number of hydrazine groups is 2. The van der Waals surface area contributed by atoms with Crippen LogP contribution in [0.2, 0.25) is 0 Å². The van der Waals surface area contributed by atoms with Gasteiger partial charge in [-0.1, -0.05) is 12.1 Å². The maximum atomic E-state index is 11.6. The highest BCUT2D eigenvalue weighted by Gasteiger charge is 2.30. The van der Waals surface area contributed by atoms with Gasteiger partial charge in [-0.3, -0.25) is 10.9 Å². The van der Waals surface area contributed by atoms with Crippen LogP contribution in [0.4, 0.5) is 0 Å². The highest BCUT2D eigenvalue weighted by Crippen LogP contribution is 2.22. The number of ether oxygens (including phenoxy) is 1. The fourth-order valence-electron chi connectivity index (χ4n) is 1.97. The van der Waals surface area contributed by atoms with E-state index in [1.165, 1.54) is 0 Å². The molecule has 104 valence electrons. The van der Waals surface area contributed by atoms with Crippen LogP contribution in [0.3, 0.4) is 0 Å². The van der Waals surface area contributed by atoms with Crippen LogP contribution in [0, 0.1) is 0 Å². The van der Waals surface area contributed by atoms with E-state index in [0.717, 1.165) is 11.3 Å². The number of nitrogens with zero attached hydrogens (tertiary/aromatic N) is 2. The highest BCUT2D eigenvalue weighted by molar-refractivity contribution is 5.90. The van der Waals surface area contributed by atoms with Gasteiger partial charge in [-0.05, 0) is 19.1 Å². The lowest BCUT2D eigenvalue weighted by Gasteiger charge is -2.09. The van der Waals surface area contributed by atoms with Crippen LogP contribution in [0.5, 0.6) is 0 Å². The molecule has 8 nitrogen and oxygen atoms in total. The van der Waals surface area contributed by atoms with Gasteiger partial charge < -0.3 is 10.5 Å². The van der Waals surface area contributed by atoms with Crippen molar-refractivity contribution in [3.8, 4) is 0 Å². The fraction of sp³-hybridized carbons (Fsp3) is 0.167. The lowest BCUT2D eigenvalue weighted by Crippen LogP contribution is -2.43. The minimum atomic E-state index is -0.331. The molecule has 0 spiro atoms. The van der Waals surface area contributed by atoms with E-state index in [0.29, 0.717) is 24.0 Å². The summed E-state index contributed by atoms with van der Waals surface area (Å²) in [4.78, 5) is 11.6. The number of guanidine groups is 1. The van der Waals surface area contributed by atoms with Gasteiger partial charge in [0.15, 0.2) is 5.82 Å². The molecule has 0 bridgehead atoms. The van der Waals surface area contributed by atoms with Crippen molar-refractivity contribution in [3.05, 3.63) is 41.2 Å². The summed E-state index contributed by atoms with van der Waals surface area (Å²) in [5, 5.41) is 5.49. The number of fused-ring (bicyclic) bond motifs is 1. The second-order valence-electron chi connectivity index (χ2n) is 4.18. The van der Waals surface area contributed by atoms with Gasteiger partial charge >= 0.3 is 5.97 Å². The van der Waals surface area contributed by atoms with Crippen LogP contribution in [-0.2, 0) is 4.74 Å². The van der Waals surface area contributed by atoms with Crippen LogP contribution in [-0.4, -0.2) is 23.5 Å². The van der Waals surface area contributed by atoms with Crippen LogP contribution in [0.15, 0.2) is 35.2 Å². The number of nitrogens with one attached hydrogen (secondary N) is 3. The predicted octanol–water partition coefficient (Wildman–Crippen LogP) is -0.353. The zero-order valence-electron chi connectivity index (χ0n) is 10.8. The Labute approximate surface area is 115 Å². The van der Waals surface area contributed by atoms with Crippen LogP contribution in [0.25, 0.3) is 5.70 Å². The molecule has 8 heteroatoms. The first-order chi connectivity index (χ1) is 9.70. The summed E-state index contributed by atoms with van der Waals surface area (Å²) in [5.41, 5.74) is 16.6. The Morgan fingerprint density at radius 2 is 2.15 bits per heavy atom. The lowest BCUT2D eigenvalue weighted by molar-refractivity contribution is 0.0526. The molecule has 0 fully saturated rings. The summed E-state index contributed by atoms with van der Waals surface area (Å²) < 4.78 is 4.94. The molecule has 1 aromatic carbocycles. The van der Waals surface area contributed by atoms with Gasteiger partial charge in [0.25, 0.3) is 0 Å². The largest absolute Gasteiger partial charge is 0.462 e. The summed E-state index contributed by atoms with van der Waals surface area (Å²) in [6, 6.07) is 7.07. The Morgan fingerprint density at radius 1 is 1.40 bits per heavy atom. The van der Waals surface area contributed by atoms with Crippen LogP contribution in [0.1, 0.15) is 22.8 Å². The van der Waals surface area contributed by atoms with Crippen molar-refractivity contribution in [2.45, 2.75) is 6.92 Å². The molecule has 2 heterocycles. The monoisotopic (exact) mass is 274 g/mol. The molecule has 0 unspecified atom stereocenters. The summed E-state index contributed by atoms with van der Waals surface area (Å²) in [7, 11) is 0. The normalized spacial score (nSPS) is 16.4. The van der Waals surface area contributed by atoms with Gasteiger partial charge in [0, 0.05) is 5.56 Å². The summed E-state index contributed by atoms with van der Waals surface area (Å²) >= 11 is 0. The maximum Gasteiger partial charge on any atom is 0.338 e. The van der Waals surface area contributed by atoms with Crippen molar-refractivity contribution in [1.82, 2.24) is 21.4 Å². The lowest BCUT2D eigenvalue weighted by atomic mass is 10.1. The molecule has 5 N–H and O–H groups in total. The maximum absolute atomic E-state index is 11.6. The second kappa shape index (κ2) is 4.74. The Kier molecular flexibility index (Phi) is 2.92. The molecule has 0 saturated heterocycles. The summed E-state index contributed by atoms with van der Waals surface area (Å²) in [6.45, 7) is 2.13. The van der Waals surface area contributed by atoms with E-state index >= 15 is 0 Å². The number of hydrogen-bond donors (Lipinski definition) is 4. The second-order valence-corrected chi connectivity index (χ2v) is 4.18. The number of esters is 1. The zero-order chi connectivity index (χ0) is 14.1. The van der Waals surface area contributed by atoms with E-state index in [1.807, 2.05) is 12.1 Å². The molecular formula is C12H14N6O2. The van der Waals surface area contributed by atoms with Gasteiger partial charge in [-0.15, -0.1) is 10.6 Å². The number of hydrazone groups is 1. The van der Waals surface area contributed by atoms with Gasteiger partial charge in [-0.25, -0.2) is 9.80 Å². The molecule has 0 saturated carbocycles. The van der Waals surface area contributed by atoms with Gasteiger partial charge in [0.1, 0.15) is 5.70 Å². The van der Waals surface area contributed by atoms with Crippen molar-refractivity contribution in [1.29, 1.82) is 0 Å². The quantitative estimate of drug-likeness (QED) is 0.558. The first-order valence-corrected chi connectivity index (χ1v) is 6.13. The minimum Gasteiger partial charge on any atom is -0.462 e. The smallest absolute Gasteiger partial charge is 0.338 e. The molecular weight excluding hydrogens is 260 g/mol.